The van der Waals surface area contributed by atoms with Gasteiger partial charge >= 0.3 is 0 Å². The zero-order chi connectivity index (χ0) is 23.5. The van der Waals surface area contributed by atoms with Gasteiger partial charge in [0.15, 0.2) is 5.65 Å². The van der Waals surface area contributed by atoms with Gasteiger partial charge in [-0.3, -0.25) is 0 Å². The lowest BCUT2D eigenvalue weighted by molar-refractivity contribution is -0.175. The van der Waals surface area contributed by atoms with E-state index in [9.17, 15) is 9.63 Å². The van der Waals surface area contributed by atoms with Crippen molar-refractivity contribution in [2.45, 2.75) is 38.4 Å². The number of β-amino-alcohol motifs (C(OH)–C–C–N with tert-alkyl or cyclic N) is 1. The third-order valence-electron chi connectivity index (χ3n) is 6.64. The van der Waals surface area contributed by atoms with E-state index in [4.69, 9.17) is 0 Å². The number of fused-ring (bicyclic) bond motifs is 1. The third-order valence-corrected chi connectivity index (χ3v) is 6.64. The molecule has 176 valence electrons. The Hall–Kier alpha value is -3.13. The minimum atomic E-state index is -0.629. The monoisotopic (exact) mass is 460 g/mol. The van der Waals surface area contributed by atoms with E-state index in [1.165, 1.54) is 5.56 Å². The molecule has 2 aromatic heterocycles. The molecule has 0 aliphatic carbocycles. The van der Waals surface area contributed by atoms with Gasteiger partial charge in [-0.05, 0) is 65.6 Å². The fraction of sp³-hybridized carbons (Fsp3) is 0.333. The Bertz CT molecular complexity index is 1260. The van der Waals surface area contributed by atoms with E-state index in [0.717, 1.165) is 72.4 Å². The van der Waals surface area contributed by atoms with Crippen LogP contribution in [0.15, 0.2) is 67.1 Å². The van der Waals surface area contributed by atoms with Crippen LogP contribution in [0.3, 0.4) is 0 Å². The van der Waals surface area contributed by atoms with Crippen LogP contribution in [-0.4, -0.2) is 50.3 Å². The molecule has 34 heavy (non-hydrogen) atoms. The van der Waals surface area contributed by atoms with Crippen molar-refractivity contribution >= 4 is 5.65 Å². The summed E-state index contributed by atoms with van der Waals surface area (Å²) >= 11 is 0. The van der Waals surface area contributed by atoms with Crippen molar-refractivity contribution in [3.05, 3.63) is 78.2 Å². The molecule has 0 spiro atoms. The summed E-state index contributed by atoms with van der Waals surface area (Å²) in [6.07, 6.45) is 7.77. The molecule has 3 heterocycles. The Morgan fingerprint density at radius 2 is 1.97 bits per heavy atom. The molecule has 0 saturated carbocycles. The van der Waals surface area contributed by atoms with E-state index in [-0.39, 0.29) is 6.10 Å². The predicted octanol–water partition coefficient (Wildman–Crippen LogP) is 5.02. The van der Waals surface area contributed by atoms with E-state index in [2.05, 4.69) is 44.2 Å². The van der Waals surface area contributed by atoms with Crippen LogP contribution < -0.4 is 0 Å². The third kappa shape index (κ3) is 4.87. The molecule has 7 heteroatoms. The fourth-order valence-corrected chi connectivity index (χ4v) is 4.62. The van der Waals surface area contributed by atoms with E-state index >= 15 is 0 Å². The van der Waals surface area contributed by atoms with E-state index in [1.807, 2.05) is 36.7 Å². The molecule has 0 bridgehead atoms. The highest BCUT2D eigenvalue weighted by atomic mass is 19.3. The van der Waals surface area contributed by atoms with Crippen LogP contribution in [-0.2, 0) is 11.4 Å². The van der Waals surface area contributed by atoms with Crippen LogP contribution in [0.4, 0.5) is 4.53 Å². The highest BCUT2D eigenvalue weighted by molar-refractivity contribution is 5.78. The molecule has 1 saturated heterocycles. The first kappa shape index (κ1) is 22.7. The molecule has 1 fully saturated rings. The van der Waals surface area contributed by atoms with Gasteiger partial charge in [-0.25, -0.2) is 9.50 Å². The summed E-state index contributed by atoms with van der Waals surface area (Å²) in [5.41, 5.74) is 6.66. The first-order valence-corrected chi connectivity index (χ1v) is 11.8. The van der Waals surface area contributed by atoms with Gasteiger partial charge in [-0.15, -0.1) is 0 Å². The summed E-state index contributed by atoms with van der Waals surface area (Å²) in [6, 6.07) is 16.1. The number of aliphatic hydroxyl groups is 1. The second kappa shape index (κ2) is 10.0. The number of hydrogen-bond acceptors (Lipinski definition) is 5. The number of likely N-dealkylation sites (tertiary alicyclic amines) is 1. The molecule has 6 nitrogen and oxygen atoms in total. The van der Waals surface area contributed by atoms with Crippen molar-refractivity contribution in [2.75, 3.05) is 19.6 Å². The van der Waals surface area contributed by atoms with Crippen molar-refractivity contribution in [1.29, 1.82) is 0 Å². The highest BCUT2D eigenvalue weighted by Gasteiger charge is 2.17. The molecule has 4 aromatic rings. The quantitative estimate of drug-likeness (QED) is 0.419. The molecule has 2 atom stereocenters. The minimum absolute atomic E-state index is 0.182. The van der Waals surface area contributed by atoms with Crippen LogP contribution in [0.1, 0.15) is 37.0 Å². The largest absolute Gasteiger partial charge is 0.392 e. The normalized spacial score (nSPS) is 17.8. The smallest absolute Gasteiger partial charge is 0.162 e. The lowest BCUT2D eigenvalue weighted by Gasteiger charge is -2.29. The summed E-state index contributed by atoms with van der Waals surface area (Å²) in [5.74, 6) is 0. The summed E-state index contributed by atoms with van der Waals surface area (Å²) in [7, 11) is 0. The number of benzene rings is 2. The lowest BCUT2D eigenvalue weighted by Crippen LogP contribution is -2.39. The van der Waals surface area contributed by atoms with Crippen molar-refractivity contribution in [3.63, 3.8) is 0 Å². The minimum Gasteiger partial charge on any atom is -0.392 e. The van der Waals surface area contributed by atoms with Gasteiger partial charge in [0.2, 0.25) is 0 Å². The van der Waals surface area contributed by atoms with Crippen LogP contribution in [0.5, 0.6) is 0 Å². The van der Waals surface area contributed by atoms with Crippen LogP contribution in [0.25, 0.3) is 27.9 Å². The van der Waals surface area contributed by atoms with Crippen molar-refractivity contribution in [2.24, 2.45) is 0 Å². The molecule has 1 aliphatic rings. The zero-order valence-corrected chi connectivity index (χ0v) is 19.3. The average Bonchev–Trinajstić information content (AvgIpc) is 3.31. The molecule has 2 aromatic carbocycles. The first-order chi connectivity index (χ1) is 16.6. The topological polar surface area (TPSA) is 62.9 Å². The number of aromatic nitrogens is 3. The van der Waals surface area contributed by atoms with Gasteiger partial charge in [-0.1, -0.05) is 42.5 Å². The molecule has 5 rings (SSSR count). The van der Waals surface area contributed by atoms with E-state index in [1.54, 1.807) is 17.6 Å². The van der Waals surface area contributed by atoms with Crippen LogP contribution >= 0.6 is 0 Å². The molecular weight excluding hydrogens is 431 g/mol. The van der Waals surface area contributed by atoms with Crippen LogP contribution in [0.2, 0.25) is 0 Å². The molecule has 0 radical (unpaired) electrons. The highest BCUT2D eigenvalue weighted by Crippen LogP contribution is 2.28. The van der Waals surface area contributed by atoms with E-state index < -0.39 is 6.10 Å². The fourth-order valence-electron chi connectivity index (χ4n) is 4.62. The molecular formula is C27H29FN4O2. The maximum atomic E-state index is 12.6. The van der Waals surface area contributed by atoms with Gasteiger partial charge in [0.25, 0.3) is 0 Å². The number of nitrogens with zero attached hydrogens (tertiary/aromatic N) is 4. The Morgan fingerprint density at radius 1 is 1.12 bits per heavy atom. The second-order valence-corrected chi connectivity index (χ2v) is 9.07. The van der Waals surface area contributed by atoms with Gasteiger partial charge < -0.3 is 10.0 Å². The van der Waals surface area contributed by atoms with Crippen molar-refractivity contribution in [1.82, 2.24) is 19.5 Å². The average molecular weight is 461 g/mol. The number of hydrogen-bond donors (Lipinski definition) is 1. The van der Waals surface area contributed by atoms with Gasteiger partial charge in [0.1, 0.15) is 6.10 Å². The number of rotatable bonds is 7. The Morgan fingerprint density at radius 3 is 2.76 bits per heavy atom. The summed E-state index contributed by atoms with van der Waals surface area (Å²) in [5, 5.41) is 14.4. The Balaban J connectivity index is 1.31. The molecule has 1 N–H and O–H groups in total. The summed E-state index contributed by atoms with van der Waals surface area (Å²) < 4.78 is 14.4. The molecule has 2 unspecified atom stereocenters. The van der Waals surface area contributed by atoms with Crippen LogP contribution in [0, 0.1) is 0 Å². The number of halogens is 1. The van der Waals surface area contributed by atoms with Gasteiger partial charge in [-0.2, -0.15) is 10.0 Å². The number of aliphatic hydroxyl groups excluding tert-OH is 1. The maximum Gasteiger partial charge on any atom is 0.162 e. The number of piperidine rings is 1. The predicted molar refractivity (Wildman–Crippen MR) is 130 cm³/mol. The zero-order valence-electron chi connectivity index (χ0n) is 19.3. The van der Waals surface area contributed by atoms with Crippen molar-refractivity contribution < 1.29 is 14.6 Å². The standard InChI is InChI=1S/C27H29FN4O2/c1-19(34-28)22-4-2-5-23(14-22)26-16-30-32-17-24(15-29-27(26)32)21-9-7-20(8-10-21)11-13-31-12-3-6-25(33)18-31/h2,4-5,7-10,14-17,19,25,33H,3,6,11-13,18H2,1H3. The lowest BCUT2D eigenvalue weighted by atomic mass is 10.0. The van der Waals surface area contributed by atoms with Gasteiger partial charge in [0.05, 0.1) is 12.3 Å². The first-order valence-electron chi connectivity index (χ1n) is 11.8. The summed E-state index contributed by atoms with van der Waals surface area (Å²) in [6.45, 7) is 4.49. The SMILES string of the molecule is CC(OF)c1cccc(-c2cnn3cc(-c4ccc(CCN5CCCC(O)C5)cc4)cnc23)c1. The van der Waals surface area contributed by atoms with Gasteiger partial charge in [0, 0.05) is 36.6 Å². The van der Waals surface area contributed by atoms with Crippen molar-refractivity contribution in [3.8, 4) is 22.3 Å². The maximum absolute atomic E-state index is 12.6. The summed E-state index contributed by atoms with van der Waals surface area (Å²) in [4.78, 5) is 11.0. The second-order valence-electron chi connectivity index (χ2n) is 9.07. The Labute approximate surface area is 198 Å². The molecule has 1 aliphatic heterocycles. The van der Waals surface area contributed by atoms with E-state index in [0.29, 0.717) is 0 Å². The molecule has 0 amide bonds. The Kier molecular flexibility index (Phi) is 6.67.